The van der Waals surface area contributed by atoms with Gasteiger partial charge in [0.15, 0.2) is 9.84 Å². The first kappa shape index (κ1) is 13.9. The molecule has 2 heterocycles. The molecule has 4 nitrogen and oxygen atoms in total. The second kappa shape index (κ2) is 5.37. The van der Waals surface area contributed by atoms with Crippen molar-refractivity contribution < 1.29 is 8.42 Å². The number of fused-ring (bicyclic) bond motifs is 1. The van der Waals surface area contributed by atoms with Crippen molar-refractivity contribution >= 4 is 15.5 Å². The molecule has 2 aliphatic heterocycles. The fourth-order valence-electron chi connectivity index (χ4n) is 3.29. The minimum Gasteiger partial charge on any atom is -0.384 e. The molecule has 1 N–H and O–H groups in total. The zero-order valence-electron chi connectivity index (χ0n) is 11.9. The summed E-state index contributed by atoms with van der Waals surface area (Å²) >= 11 is 0. The molecule has 1 unspecified atom stereocenters. The quantitative estimate of drug-likeness (QED) is 0.921. The summed E-state index contributed by atoms with van der Waals surface area (Å²) in [6, 6.07) is 6.44. The predicted octanol–water partition coefficient (Wildman–Crippen LogP) is 1.66. The van der Waals surface area contributed by atoms with Gasteiger partial charge in [-0.15, -0.1) is 0 Å². The molecule has 0 saturated carbocycles. The number of anilines is 1. The zero-order valence-corrected chi connectivity index (χ0v) is 12.7. The fourth-order valence-corrected chi connectivity index (χ4v) is 4.37. The normalized spacial score (nSPS) is 23.4. The SMILES string of the molecule is CS(=O)(=O)C1CCCN(Cc2cccc3c2NCC3)C1. The number of para-hydroxylation sites is 1. The van der Waals surface area contributed by atoms with Crippen molar-refractivity contribution in [3.63, 3.8) is 0 Å². The van der Waals surface area contributed by atoms with E-state index in [1.165, 1.54) is 23.1 Å². The van der Waals surface area contributed by atoms with Crippen LogP contribution in [0.3, 0.4) is 0 Å². The van der Waals surface area contributed by atoms with Crippen molar-refractivity contribution in [2.75, 3.05) is 31.2 Å². The van der Waals surface area contributed by atoms with E-state index in [9.17, 15) is 8.42 Å². The first-order valence-electron chi connectivity index (χ1n) is 7.30. The van der Waals surface area contributed by atoms with Gasteiger partial charge in [0.2, 0.25) is 0 Å². The average molecular weight is 294 g/mol. The molecule has 5 heteroatoms. The van der Waals surface area contributed by atoms with Gasteiger partial charge in [0, 0.05) is 31.6 Å². The monoisotopic (exact) mass is 294 g/mol. The van der Waals surface area contributed by atoms with Crippen LogP contribution in [0.2, 0.25) is 0 Å². The highest BCUT2D eigenvalue weighted by atomic mass is 32.2. The molecule has 0 amide bonds. The third-order valence-corrected chi connectivity index (χ3v) is 5.99. The van der Waals surface area contributed by atoms with Gasteiger partial charge >= 0.3 is 0 Å². The summed E-state index contributed by atoms with van der Waals surface area (Å²) in [5.41, 5.74) is 3.96. The van der Waals surface area contributed by atoms with Crippen LogP contribution in [-0.4, -0.2) is 44.5 Å². The van der Waals surface area contributed by atoms with E-state index >= 15 is 0 Å². The smallest absolute Gasteiger partial charge is 0.151 e. The molecular weight excluding hydrogens is 272 g/mol. The van der Waals surface area contributed by atoms with Crippen molar-refractivity contribution in [2.45, 2.75) is 31.1 Å². The van der Waals surface area contributed by atoms with E-state index in [0.717, 1.165) is 38.9 Å². The minimum atomic E-state index is -2.92. The Morgan fingerprint density at radius 2 is 2.25 bits per heavy atom. The van der Waals surface area contributed by atoms with E-state index in [-0.39, 0.29) is 5.25 Å². The van der Waals surface area contributed by atoms with Gasteiger partial charge in [-0.2, -0.15) is 0 Å². The van der Waals surface area contributed by atoms with Gasteiger partial charge < -0.3 is 5.32 Å². The Hall–Kier alpha value is -1.07. The summed E-state index contributed by atoms with van der Waals surface area (Å²) in [4.78, 5) is 2.28. The number of nitrogens with zero attached hydrogens (tertiary/aromatic N) is 1. The van der Waals surface area contributed by atoms with E-state index in [1.54, 1.807) is 0 Å². The summed E-state index contributed by atoms with van der Waals surface area (Å²) in [5, 5.41) is 3.26. The summed E-state index contributed by atoms with van der Waals surface area (Å²) in [6.45, 7) is 3.53. The number of benzene rings is 1. The summed E-state index contributed by atoms with van der Waals surface area (Å²) in [5.74, 6) is 0. The number of sulfone groups is 1. The first-order chi connectivity index (χ1) is 9.54. The highest BCUT2D eigenvalue weighted by molar-refractivity contribution is 7.91. The van der Waals surface area contributed by atoms with Crippen molar-refractivity contribution in [3.8, 4) is 0 Å². The maximum absolute atomic E-state index is 11.7. The highest BCUT2D eigenvalue weighted by Gasteiger charge is 2.28. The van der Waals surface area contributed by atoms with Crippen LogP contribution in [0.1, 0.15) is 24.0 Å². The molecule has 2 aliphatic rings. The standard InChI is InChI=1S/C15H22N2O2S/c1-20(18,19)14-6-3-9-17(11-14)10-13-5-2-4-12-7-8-16-15(12)13/h2,4-5,14,16H,3,6-11H2,1H3. The van der Waals surface area contributed by atoms with E-state index < -0.39 is 9.84 Å². The summed E-state index contributed by atoms with van der Waals surface area (Å²) < 4.78 is 23.5. The lowest BCUT2D eigenvalue weighted by molar-refractivity contribution is 0.223. The largest absolute Gasteiger partial charge is 0.384 e. The van der Waals surface area contributed by atoms with Gasteiger partial charge in [-0.3, -0.25) is 4.90 Å². The molecule has 1 saturated heterocycles. The lowest BCUT2D eigenvalue weighted by atomic mass is 10.1. The van der Waals surface area contributed by atoms with Crippen molar-refractivity contribution in [1.29, 1.82) is 0 Å². The van der Waals surface area contributed by atoms with Crippen LogP contribution in [0.4, 0.5) is 5.69 Å². The van der Waals surface area contributed by atoms with E-state index in [1.807, 2.05) is 0 Å². The Morgan fingerprint density at radius 1 is 1.40 bits per heavy atom. The maximum atomic E-state index is 11.7. The summed E-state index contributed by atoms with van der Waals surface area (Å²) in [7, 11) is -2.92. The number of rotatable bonds is 3. The topological polar surface area (TPSA) is 49.4 Å². The predicted molar refractivity (Wildman–Crippen MR) is 81.8 cm³/mol. The molecule has 1 atom stereocenters. The zero-order chi connectivity index (χ0) is 14.2. The van der Waals surface area contributed by atoms with Crippen molar-refractivity contribution in [1.82, 2.24) is 4.90 Å². The molecule has 3 rings (SSSR count). The Bertz CT molecular complexity index is 598. The van der Waals surface area contributed by atoms with Crippen molar-refractivity contribution in [2.24, 2.45) is 0 Å². The van der Waals surface area contributed by atoms with Crippen LogP contribution in [0, 0.1) is 0 Å². The van der Waals surface area contributed by atoms with Crippen LogP contribution in [0.25, 0.3) is 0 Å². The van der Waals surface area contributed by atoms with Crippen LogP contribution in [0.15, 0.2) is 18.2 Å². The van der Waals surface area contributed by atoms with Gasteiger partial charge in [-0.05, 0) is 36.9 Å². The molecule has 0 aliphatic carbocycles. The van der Waals surface area contributed by atoms with Crippen LogP contribution in [-0.2, 0) is 22.8 Å². The van der Waals surface area contributed by atoms with E-state index in [4.69, 9.17) is 0 Å². The second-order valence-corrected chi connectivity index (χ2v) is 8.28. The number of likely N-dealkylation sites (tertiary alicyclic amines) is 1. The molecule has 1 aromatic rings. The Kier molecular flexibility index (Phi) is 3.73. The van der Waals surface area contributed by atoms with Crippen molar-refractivity contribution in [3.05, 3.63) is 29.3 Å². The highest BCUT2D eigenvalue weighted by Crippen LogP contribution is 2.28. The number of piperidine rings is 1. The molecule has 0 radical (unpaired) electrons. The van der Waals surface area contributed by atoms with Crippen LogP contribution >= 0.6 is 0 Å². The Labute approximate surface area is 121 Å². The fraction of sp³-hybridized carbons (Fsp3) is 0.600. The van der Waals surface area contributed by atoms with Gasteiger partial charge in [0.1, 0.15) is 0 Å². The first-order valence-corrected chi connectivity index (χ1v) is 9.25. The maximum Gasteiger partial charge on any atom is 0.151 e. The molecule has 0 bridgehead atoms. The Morgan fingerprint density at radius 3 is 3.05 bits per heavy atom. The lowest BCUT2D eigenvalue weighted by Crippen LogP contribution is -2.41. The second-order valence-electron chi connectivity index (χ2n) is 5.96. The third kappa shape index (κ3) is 2.83. The summed E-state index contributed by atoms with van der Waals surface area (Å²) in [6.07, 6.45) is 4.23. The molecular formula is C15H22N2O2S. The van der Waals surface area contributed by atoms with Gasteiger partial charge in [0.25, 0.3) is 0 Å². The van der Waals surface area contributed by atoms with E-state index in [2.05, 4.69) is 28.4 Å². The number of hydrogen-bond acceptors (Lipinski definition) is 4. The molecule has 20 heavy (non-hydrogen) atoms. The van der Waals surface area contributed by atoms with Gasteiger partial charge in [-0.1, -0.05) is 18.2 Å². The van der Waals surface area contributed by atoms with Gasteiger partial charge in [0.05, 0.1) is 5.25 Å². The number of nitrogens with one attached hydrogen (secondary N) is 1. The molecule has 1 fully saturated rings. The molecule has 1 aromatic carbocycles. The van der Waals surface area contributed by atoms with E-state index in [0.29, 0.717) is 6.54 Å². The van der Waals surface area contributed by atoms with Crippen LogP contribution in [0.5, 0.6) is 0 Å². The van der Waals surface area contributed by atoms with Gasteiger partial charge in [-0.25, -0.2) is 8.42 Å². The number of hydrogen-bond donors (Lipinski definition) is 1. The third-order valence-electron chi connectivity index (χ3n) is 4.39. The minimum absolute atomic E-state index is 0.194. The molecule has 110 valence electrons. The lowest BCUT2D eigenvalue weighted by Gasteiger charge is -2.32. The molecule has 0 spiro atoms. The Balaban J connectivity index is 1.74. The van der Waals surface area contributed by atoms with Crippen LogP contribution < -0.4 is 5.32 Å². The average Bonchev–Trinajstić information content (AvgIpc) is 2.87. The molecule has 0 aromatic heterocycles.